The van der Waals surface area contributed by atoms with Crippen LogP contribution >= 0.6 is 0 Å². The van der Waals surface area contributed by atoms with Crippen molar-refractivity contribution in [3.63, 3.8) is 0 Å². The van der Waals surface area contributed by atoms with Crippen LogP contribution in [-0.2, 0) is 9.59 Å². The predicted octanol–water partition coefficient (Wildman–Crippen LogP) is 4.89. The zero-order chi connectivity index (χ0) is 37.3. The highest BCUT2D eigenvalue weighted by Gasteiger charge is 2.26. The van der Waals surface area contributed by atoms with Gasteiger partial charge in [0.05, 0.1) is 35.5 Å². The first-order valence-corrected chi connectivity index (χ1v) is 17.9. The van der Waals surface area contributed by atoms with E-state index in [0.29, 0.717) is 18.9 Å². The molecule has 0 bridgehead atoms. The minimum Gasteiger partial charge on any atom is -0.379 e. The second-order valence-electron chi connectivity index (χ2n) is 13.1. The van der Waals surface area contributed by atoms with E-state index in [4.69, 9.17) is 12.8 Å². The van der Waals surface area contributed by atoms with Gasteiger partial charge in [-0.25, -0.2) is 29.9 Å². The maximum absolute atomic E-state index is 12.2. The Balaban J connectivity index is 0.000000167. The normalized spacial score (nSPS) is 16.9. The van der Waals surface area contributed by atoms with E-state index < -0.39 is 0 Å². The van der Waals surface area contributed by atoms with Gasteiger partial charge in [-0.3, -0.25) is 9.59 Å². The third-order valence-corrected chi connectivity index (χ3v) is 9.59. The molecule has 272 valence electrons. The van der Waals surface area contributed by atoms with Gasteiger partial charge in [0.25, 0.3) is 0 Å². The third kappa shape index (κ3) is 7.98. The summed E-state index contributed by atoms with van der Waals surface area (Å²) >= 11 is 0. The van der Waals surface area contributed by atoms with E-state index in [-0.39, 0.29) is 36.7 Å². The number of anilines is 2. The molecule has 14 heteroatoms. The number of terminal acetylenes is 2. The van der Waals surface area contributed by atoms with Crippen molar-refractivity contribution in [3.8, 4) is 47.3 Å². The van der Waals surface area contributed by atoms with Gasteiger partial charge in [0, 0.05) is 98.0 Å². The standard InChI is InChI=1S/2C20H20N6O/c1-2-5-17(27)26-11-3-6-14(13-26)25-18-15-7-10-23-19(15)24-12-16(18)20-21-8-4-9-22-20;1-2-4-18(27)26-10-3-5-14(12-26)25-19-15-6-9-22-20(15)23-11-16(19)17-7-8-21-13-24-17/h1,4,7-10,12,14H,3,5-6,11,13H2,(H2,23,24,25);1,6-9,11,13-14H,3-5,10,12H2,(H2,22,23,25)/t2*14-/m11/s1. The van der Waals surface area contributed by atoms with Crippen molar-refractivity contribution in [1.29, 1.82) is 0 Å². The summed E-state index contributed by atoms with van der Waals surface area (Å²) in [5, 5.41) is 9.23. The van der Waals surface area contributed by atoms with E-state index >= 15 is 0 Å². The smallest absolute Gasteiger partial charge is 0.234 e. The van der Waals surface area contributed by atoms with E-state index in [0.717, 1.165) is 89.0 Å². The second-order valence-corrected chi connectivity index (χ2v) is 13.1. The van der Waals surface area contributed by atoms with Crippen molar-refractivity contribution in [2.45, 2.75) is 50.6 Å². The number of likely N-dealkylation sites (tertiary alicyclic amines) is 2. The van der Waals surface area contributed by atoms with E-state index in [1.165, 1.54) is 6.33 Å². The number of H-pyrrole nitrogens is 2. The van der Waals surface area contributed by atoms with Gasteiger partial charge in [0.2, 0.25) is 11.8 Å². The van der Waals surface area contributed by atoms with Crippen molar-refractivity contribution < 1.29 is 9.59 Å². The van der Waals surface area contributed by atoms with Gasteiger partial charge in [-0.1, -0.05) is 11.8 Å². The number of aromatic nitrogens is 8. The number of hydrogen-bond donors (Lipinski definition) is 4. The van der Waals surface area contributed by atoms with Crippen LogP contribution in [0.3, 0.4) is 0 Å². The summed E-state index contributed by atoms with van der Waals surface area (Å²) in [5.74, 6) is 5.53. The molecule has 8 heterocycles. The summed E-state index contributed by atoms with van der Waals surface area (Å²) in [7, 11) is 0. The molecule has 2 amide bonds. The van der Waals surface area contributed by atoms with Crippen molar-refractivity contribution in [2.75, 3.05) is 36.8 Å². The van der Waals surface area contributed by atoms with Crippen LogP contribution in [0.1, 0.15) is 38.5 Å². The Labute approximate surface area is 312 Å². The monoisotopic (exact) mass is 720 g/mol. The van der Waals surface area contributed by atoms with Crippen LogP contribution in [-0.4, -0.2) is 99.7 Å². The summed E-state index contributed by atoms with van der Waals surface area (Å²) in [6.45, 7) is 2.78. The number of amides is 2. The zero-order valence-electron chi connectivity index (χ0n) is 29.7. The number of piperidine rings is 2. The summed E-state index contributed by atoms with van der Waals surface area (Å²) in [6.07, 6.45) is 28.7. The fourth-order valence-electron chi connectivity index (χ4n) is 7.03. The number of aromatic amines is 2. The molecule has 54 heavy (non-hydrogen) atoms. The van der Waals surface area contributed by atoms with Crippen LogP contribution in [0.25, 0.3) is 44.7 Å². The van der Waals surface area contributed by atoms with Gasteiger partial charge in [0.1, 0.15) is 17.6 Å². The number of carbonyl (C=O) groups excluding carboxylic acids is 2. The van der Waals surface area contributed by atoms with Crippen LogP contribution in [0.4, 0.5) is 11.4 Å². The van der Waals surface area contributed by atoms with E-state index in [9.17, 15) is 9.59 Å². The van der Waals surface area contributed by atoms with Gasteiger partial charge < -0.3 is 30.4 Å². The van der Waals surface area contributed by atoms with E-state index in [1.807, 2.05) is 46.6 Å². The van der Waals surface area contributed by atoms with Crippen LogP contribution in [0.5, 0.6) is 0 Å². The van der Waals surface area contributed by atoms with Gasteiger partial charge in [-0.15, -0.1) is 12.8 Å². The summed E-state index contributed by atoms with van der Waals surface area (Å²) in [5.41, 5.74) is 6.07. The quantitative estimate of drug-likeness (QED) is 0.159. The average Bonchev–Trinajstić information content (AvgIpc) is 3.91. The molecule has 6 aromatic heterocycles. The maximum atomic E-state index is 12.2. The Morgan fingerprint density at radius 1 is 0.741 bits per heavy atom. The number of pyridine rings is 2. The molecule has 2 fully saturated rings. The first-order chi connectivity index (χ1) is 26.5. The Bertz CT molecular complexity index is 2140. The molecule has 14 nitrogen and oxygen atoms in total. The third-order valence-electron chi connectivity index (χ3n) is 9.59. The van der Waals surface area contributed by atoms with Crippen molar-refractivity contribution in [2.24, 2.45) is 0 Å². The lowest BCUT2D eigenvalue weighted by Crippen LogP contribution is -2.45. The highest BCUT2D eigenvalue weighted by molar-refractivity contribution is 5.98. The Morgan fingerprint density at radius 2 is 1.30 bits per heavy atom. The Hall–Kier alpha value is -6.80. The number of hydrogen-bond acceptors (Lipinski definition) is 10. The second kappa shape index (κ2) is 16.7. The van der Waals surface area contributed by atoms with Crippen molar-refractivity contribution in [3.05, 3.63) is 74.0 Å². The molecule has 2 aliphatic heterocycles. The molecular formula is C40H40N12O2. The largest absolute Gasteiger partial charge is 0.379 e. The predicted molar refractivity (Wildman–Crippen MR) is 208 cm³/mol. The molecule has 0 spiro atoms. The van der Waals surface area contributed by atoms with Crippen LogP contribution in [0.2, 0.25) is 0 Å². The lowest BCUT2D eigenvalue weighted by atomic mass is 10.0. The highest BCUT2D eigenvalue weighted by atomic mass is 16.2. The summed E-state index contributed by atoms with van der Waals surface area (Å²) in [4.78, 5) is 60.4. The van der Waals surface area contributed by atoms with E-state index in [2.05, 4.69) is 62.3 Å². The lowest BCUT2D eigenvalue weighted by Gasteiger charge is -2.34. The zero-order valence-corrected chi connectivity index (χ0v) is 29.7. The molecule has 2 aliphatic rings. The molecule has 2 atom stereocenters. The lowest BCUT2D eigenvalue weighted by molar-refractivity contribution is -0.131. The number of carbonyl (C=O) groups is 2. The molecule has 0 saturated carbocycles. The average molecular weight is 721 g/mol. The molecule has 0 aromatic carbocycles. The van der Waals surface area contributed by atoms with E-state index in [1.54, 1.807) is 30.9 Å². The fraction of sp³-hybridized carbons (Fsp3) is 0.300. The summed E-state index contributed by atoms with van der Waals surface area (Å²) in [6, 6.07) is 7.91. The van der Waals surface area contributed by atoms with Gasteiger partial charge in [-0.05, 0) is 49.9 Å². The molecule has 2 saturated heterocycles. The molecular weight excluding hydrogens is 681 g/mol. The molecule has 0 unspecified atom stereocenters. The van der Waals surface area contributed by atoms with Crippen molar-refractivity contribution >= 4 is 45.3 Å². The minimum absolute atomic E-state index is 0.0112. The number of rotatable bonds is 8. The van der Waals surface area contributed by atoms with Crippen LogP contribution < -0.4 is 10.6 Å². The van der Waals surface area contributed by atoms with Crippen molar-refractivity contribution in [1.82, 2.24) is 49.7 Å². The first kappa shape index (κ1) is 35.6. The minimum atomic E-state index is 0.0112. The first-order valence-electron chi connectivity index (χ1n) is 17.9. The topological polar surface area (TPSA) is 174 Å². The van der Waals surface area contributed by atoms with Gasteiger partial charge >= 0.3 is 0 Å². The molecule has 0 radical (unpaired) electrons. The highest BCUT2D eigenvalue weighted by Crippen LogP contribution is 2.34. The number of nitrogens with zero attached hydrogens (tertiary/aromatic N) is 8. The molecule has 0 aliphatic carbocycles. The molecule has 4 N–H and O–H groups in total. The SMILES string of the molecule is C#CCC(=O)N1CCC[C@@H](Nc2c(-c3ccncn3)cnc3[nH]ccc23)C1.C#CCC(=O)N1CCC[C@@H](Nc2c(-c3ncccn3)cnc3[nH]ccc23)C1. The number of fused-ring (bicyclic) bond motifs is 2. The molecule has 8 rings (SSSR count). The molecule has 6 aromatic rings. The van der Waals surface area contributed by atoms with Gasteiger partial charge in [0.15, 0.2) is 5.82 Å². The number of nitrogens with one attached hydrogen (secondary N) is 4. The summed E-state index contributed by atoms with van der Waals surface area (Å²) < 4.78 is 0. The fourth-order valence-corrected chi connectivity index (χ4v) is 7.03. The Kier molecular flexibility index (Phi) is 11.0. The maximum Gasteiger partial charge on any atom is 0.234 e. The van der Waals surface area contributed by atoms with Gasteiger partial charge in [-0.2, -0.15) is 0 Å². The Morgan fingerprint density at radius 3 is 1.83 bits per heavy atom. The van der Waals surface area contributed by atoms with Crippen LogP contribution in [0.15, 0.2) is 74.0 Å². The van der Waals surface area contributed by atoms with Crippen LogP contribution in [0, 0.1) is 24.7 Å².